The van der Waals surface area contributed by atoms with Crippen molar-refractivity contribution in [3.8, 4) is 5.75 Å². The van der Waals surface area contributed by atoms with Crippen molar-refractivity contribution in [2.75, 3.05) is 19.7 Å². The number of carbonyl (C=O) groups is 3. The van der Waals surface area contributed by atoms with Gasteiger partial charge in [0.05, 0.1) is 6.54 Å². The number of hydrogen-bond acceptors (Lipinski definition) is 4. The van der Waals surface area contributed by atoms with Crippen molar-refractivity contribution < 1.29 is 19.1 Å². The molecule has 3 rings (SSSR count). The summed E-state index contributed by atoms with van der Waals surface area (Å²) in [6.07, 6.45) is 0. The molecule has 7 nitrogen and oxygen atoms in total. The fourth-order valence-electron chi connectivity index (χ4n) is 2.88. The number of amides is 4. The Morgan fingerprint density at radius 2 is 1.70 bits per heavy atom. The molecule has 1 aliphatic rings. The Bertz CT molecular complexity index is 826. The van der Waals surface area contributed by atoms with Crippen LogP contribution >= 0.6 is 0 Å². The molecule has 4 amide bonds. The third kappa shape index (κ3) is 4.08. The smallest absolute Gasteiger partial charge is 0.325 e. The summed E-state index contributed by atoms with van der Waals surface area (Å²) in [4.78, 5) is 38.0. The number of nitrogens with zero attached hydrogens (tertiary/aromatic N) is 1. The van der Waals surface area contributed by atoms with Gasteiger partial charge in [-0.25, -0.2) is 4.79 Å². The van der Waals surface area contributed by atoms with Gasteiger partial charge < -0.3 is 15.4 Å². The van der Waals surface area contributed by atoms with Crippen LogP contribution in [-0.4, -0.2) is 42.4 Å². The Labute approximate surface area is 157 Å². The fourth-order valence-corrected chi connectivity index (χ4v) is 2.88. The lowest BCUT2D eigenvalue weighted by Gasteiger charge is -2.22. The fraction of sp³-hybridized carbons (Fsp3) is 0.250. The Morgan fingerprint density at radius 3 is 2.37 bits per heavy atom. The molecule has 2 aromatic rings. The number of rotatable bonds is 7. The summed E-state index contributed by atoms with van der Waals surface area (Å²) in [6.45, 7) is 1.86. The summed E-state index contributed by atoms with van der Waals surface area (Å²) < 4.78 is 5.48. The van der Waals surface area contributed by atoms with Crippen molar-refractivity contribution in [3.05, 3.63) is 66.2 Å². The third-order valence-corrected chi connectivity index (χ3v) is 4.36. The first-order chi connectivity index (χ1) is 13.0. The molecular formula is C20H21N3O4. The first-order valence-electron chi connectivity index (χ1n) is 8.65. The van der Waals surface area contributed by atoms with E-state index >= 15 is 0 Å². The summed E-state index contributed by atoms with van der Waals surface area (Å²) in [6, 6.07) is 17.6. The molecule has 1 fully saturated rings. The minimum Gasteiger partial charge on any atom is -0.492 e. The molecule has 27 heavy (non-hydrogen) atoms. The number of imide groups is 1. The van der Waals surface area contributed by atoms with Crippen LogP contribution in [0.4, 0.5) is 4.79 Å². The third-order valence-electron chi connectivity index (χ3n) is 4.36. The zero-order chi connectivity index (χ0) is 19.3. The van der Waals surface area contributed by atoms with E-state index in [1.807, 2.05) is 36.4 Å². The average molecular weight is 367 g/mol. The number of benzene rings is 2. The van der Waals surface area contributed by atoms with Crippen molar-refractivity contribution in [3.63, 3.8) is 0 Å². The number of nitrogens with one attached hydrogen (secondary N) is 2. The van der Waals surface area contributed by atoms with Crippen LogP contribution in [0.25, 0.3) is 0 Å². The van der Waals surface area contributed by atoms with E-state index in [0.29, 0.717) is 11.3 Å². The molecule has 0 saturated carbocycles. The predicted octanol–water partition coefficient (Wildman–Crippen LogP) is 1.65. The van der Waals surface area contributed by atoms with E-state index in [1.54, 1.807) is 31.2 Å². The van der Waals surface area contributed by atoms with Crippen LogP contribution < -0.4 is 15.4 Å². The zero-order valence-corrected chi connectivity index (χ0v) is 15.0. The van der Waals surface area contributed by atoms with Gasteiger partial charge in [-0.15, -0.1) is 0 Å². The van der Waals surface area contributed by atoms with Gasteiger partial charge in [-0.1, -0.05) is 48.5 Å². The number of carbonyl (C=O) groups excluding carboxylic acids is 3. The van der Waals surface area contributed by atoms with Crippen LogP contribution in [0.5, 0.6) is 5.75 Å². The molecule has 1 heterocycles. The van der Waals surface area contributed by atoms with Crippen molar-refractivity contribution in [1.82, 2.24) is 15.5 Å². The number of hydrogen-bond donors (Lipinski definition) is 2. The first kappa shape index (κ1) is 18.4. The SMILES string of the molecule is C[C@]1(c2ccccc2)NC(=O)N(CC(=O)NCCOc2ccccc2)C1=O. The standard InChI is InChI=1S/C20H21N3O4/c1-20(15-8-4-2-5-9-15)18(25)23(19(26)22-20)14-17(24)21-12-13-27-16-10-6-3-7-11-16/h2-11H,12-14H2,1H3,(H,21,24)(H,22,26)/t20-/m1/s1. The minimum atomic E-state index is -1.17. The van der Waals surface area contributed by atoms with E-state index < -0.39 is 23.4 Å². The van der Waals surface area contributed by atoms with E-state index in [4.69, 9.17) is 4.74 Å². The molecule has 7 heteroatoms. The summed E-state index contributed by atoms with van der Waals surface area (Å²) in [5.41, 5.74) is -0.503. The molecule has 140 valence electrons. The lowest BCUT2D eigenvalue weighted by molar-refractivity contribution is -0.134. The van der Waals surface area contributed by atoms with Crippen LogP contribution in [0.1, 0.15) is 12.5 Å². The number of urea groups is 1. The number of ether oxygens (including phenoxy) is 1. The van der Waals surface area contributed by atoms with Gasteiger partial charge in [-0.2, -0.15) is 0 Å². The quantitative estimate of drug-likeness (QED) is 0.575. The second-order valence-electron chi connectivity index (χ2n) is 6.32. The molecular weight excluding hydrogens is 346 g/mol. The molecule has 0 aliphatic carbocycles. The summed E-state index contributed by atoms with van der Waals surface area (Å²) >= 11 is 0. The zero-order valence-electron chi connectivity index (χ0n) is 15.0. The molecule has 1 atom stereocenters. The van der Waals surface area contributed by atoms with E-state index in [9.17, 15) is 14.4 Å². The highest BCUT2D eigenvalue weighted by atomic mass is 16.5. The molecule has 1 saturated heterocycles. The van der Waals surface area contributed by atoms with Crippen LogP contribution in [-0.2, 0) is 15.1 Å². The van der Waals surface area contributed by atoms with Gasteiger partial charge >= 0.3 is 6.03 Å². The summed E-state index contributed by atoms with van der Waals surface area (Å²) in [5, 5.41) is 5.32. The van der Waals surface area contributed by atoms with Crippen LogP contribution in [0.3, 0.4) is 0 Å². The van der Waals surface area contributed by atoms with E-state index in [1.165, 1.54) is 0 Å². The second kappa shape index (κ2) is 7.90. The maximum Gasteiger partial charge on any atom is 0.325 e. The Morgan fingerprint density at radius 1 is 1.07 bits per heavy atom. The first-order valence-corrected chi connectivity index (χ1v) is 8.65. The molecule has 1 aliphatic heterocycles. The van der Waals surface area contributed by atoms with Crippen molar-refractivity contribution in [2.24, 2.45) is 0 Å². The van der Waals surface area contributed by atoms with Gasteiger partial charge in [-0.05, 0) is 24.6 Å². The largest absolute Gasteiger partial charge is 0.492 e. The van der Waals surface area contributed by atoms with E-state index in [2.05, 4.69) is 10.6 Å². The minimum absolute atomic E-state index is 0.271. The Balaban J connectivity index is 1.52. The van der Waals surface area contributed by atoms with Crippen LogP contribution in [0, 0.1) is 0 Å². The Hall–Kier alpha value is -3.35. The van der Waals surface area contributed by atoms with Crippen LogP contribution in [0.15, 0.2) is 60.7 Å². The maximum absolute atomic E-state index is 12.7. The van der Waals surface area contributed by atoms with Gasteiger partial charge in [0.1, 0.15) is 24.4 Å². The van der Waals surface area contributed by atoms with Gasteiger partial charge in [0, 0.05) is 0 Å². The maximum atomic E-state index is 12.7. The molecule has 0 spiro atoms. The topological polar surface area (TPSA) is 87.7 Å². The van der Waals surface area contributed by atoms with Crippen LogP contribution in [0.2, 0.25) is 0 Å². The highest BCUT2D eigenvalue weighted by Gasteiger charge is 2.49. The second-order valence-corrected chi connectivity index (χ2v) is 6.32. The molecule has 2 aromatic carbocycles. The average Bonchev–Trinajstić information content (AvgIpc) is 2.91. The van der Waals surface area contributed by atoms with Crippen molar-refractivity contribution in [1.29, 1.82) is 0 Å². The summed E-state index contributed by atoms with van der Waals surface area (Å²) in [5.74, 6) is -0.165. The molecule has 0 unspecified atom stereocenters. The lowest BCUT2D eigenvalue weighted by Crippen LogP contribution is -2.43. The highest BCUT2D eigenvalue weighted by molar-refractivity contribution is 6.09. The van der Waals surface area contributed by atoms with E-state index in [0.717, 1.165) is 4.90 Å². The van der Waals surface area contributed by atoms with Crippen molar-refractivity contribution >= 4 is 17.8 Å². The van der Waals surface area contributed by atoms with Gasteiger partial charge in [-0.3, -0.25) is 14.5 Å². The predicted molar refractivity (Wildman–Crippen MR) is 99.0 cm³/mol. The molecule has 0 aromatic heterocycles. The highest BCUT2D eigenvalue weighted by Crippen LogP contribution is 2.28. The van der Waals surface area contributed by atoms with Crippen molar-refractivity contribution in [2.45, 2.75) is 12.5 Å². The molecule has 0 bridgehead atoms. The summed E-state index contributed by atoms with van der Waals surface area (Å²) in [7, 11) is 0. The molecule has 2 N–H and O–H groups in total. The van der Waals surface area contributed by atoms with E-state index in [-0.39, 0.29) is 19.7 Å². The van der Waals surface area contributed by atoms with Gasteiger partial charge in [0.25, 0.3) is 5.91 Å². The number of para-hydroxylation sites is 1. The molecule has 0 radical (unpaired) electrons. The normalized spacial score (nSPS) is 18.9. The Kier molecular flexibility index (Phi) is 5.40. The van der Waals surface area contributed by atoms with Gasteiger partial charge in [0.2, 0.25) is 5.91 Å². The van der Waals surface area contributed by atoms with Gasteiger partial charge in [0.15, 0.2) is 0 Å². The monoisotopic (exact) mass is 367 g/mol. The lowest BCUT2D eigenvalue weighted by atomic mass is 9.92.